The summed E-state index contributed by atoms with van der Waals surface area (Å²) in [7, 11) is 0. The van der Waals surface area contributed by atoms with Crippen molar-refractivity contribution in [3.05, 3.63) is 74.7 Å². The number of hydrogen-bond donors (Lipinski definition) is 0. The van der Waals surface area contributed by atoms with Gasteiger partial charge < -0.3 is 0 Å². The zero-order valence-corrected chi connectivity index (χ0v) is 18.2. The van der Waals surface area contributed by atoms with Crippen LogP contribution in [0.5, 0.6) is 0 Å². The second-order valence-corrected chi connectivity index (χ2v) is 9.00. The Balaban J connectivity index is 1.30. The number of halogens is 2. The summed E-state index contributed by atoms with van der Waals surface area (Å²) in [6.07, 6.45) is 0. The van der Waals surface area contributed by atoms with E-state index in [0.717, 1.165) is 60.6 Å². The Morgan fingerprint density at radius 1 is 0.929 bits per heavy atom. The molecule has 0 radical (unpaired) electrons. The maximum atomic E-state index is 6.32. The van der Waals surface area contributed by atoms with Crippen molar-refractivity contribution >= 4 is 34.5 Å². The Kier molecular flexibility index (Phi) is 6.34. The average Bonchev–Trinajstić information content (AvgIpc) is 3.14. The Hall–Kier alpha value is -1.43. The summed E-state index contributed by atoms with van der Waals surface area (Å²) < 4.78 is 0. The highest BCUT2D eigenvalue weighted by atomic mass is 35.5. The molecule has 0 saturated carbocycles. The smallest absolute Gasteiger partial charge is 0.123 e. The molecule has 0 N–H and O–H groups in total. The molecule has 0 aliphatic carbocycles. The fraction of sp³-hybridized carbons (Fsp3) is 0.318. The maximum Gasteiger partial charge on any atom is 0.123 e. The van der Waals surface area contributed by atoms with Crippen molar-refractivity contribution in [2.75, 3.05) is 26.2 Å². The molecular weight excluding hydrogens is 409 g/mol. The van der Waals surface area contributed by atoms with Gasteiger partial charge in [-0.1, -0.05) is 59.1 Å². The molecule has 0 bridgehead atoms. The molecule has 0 unspecified atom stereocenters. The topological polar surface area (TPSA) is 19.4 Å². The van der Waals surface area contributed by atoms with Crippen LogP contribution >= 0.6 is 34.5 Å². The lowest BCUT2D eigenvalue weighted by Gasteiger charge is -2.34. The summed E-state index contributed by atoms with van der Waals surface area (Å²) >= 11 is 14.0. The molecule has 0 spiro atoms. The van der Waals surface area contributed by atoms with E-state index in [1.165, 1.54) is 11.1 Å². The van der Waals surface area contributed by atoms with Crippen LogP contribution in [0.1, 0.15) is 16.8 Å². The molecule has 0 amide bonds. The van der Waals surface area contributed by atoms with E-state index in [1.807, 2.05) is 18.2 Å². The number of benzene rings is 2. The molecule has 1 aromatic heterocycles. The standard InChI is InChI=1S/C22H23Cl2N3S/c1-16-2-4-17(5-3-16)22-25-20(15-28-22)14-27-10-8-26(9-11-27)13-18-6-7-19(23)12-21(18)24/h2-7,12,15H,8-11,13-14H2,1H3. The van der Waals surface area contributed by atoms with E-state index < -0.39 is 0 Å². The van der Waals surface area contributed by atoms with Crippen molar-refractivity contribution in [1.82, 2.24) is 14.8 Å². The number of hydrogen-bond acceptors (Lipinski definition) is 4. The summed E-state index contributed by atoms with van der Waals surface area (Å²) in [6.45, 7) is 8.06. The lowest BCUT2D eigenvalue weighted by molar-refractivity contribution is 0.121. The lowest BCUT2D eigenvalue weighted by Crippen LogP contribution is -2.45. The van der Waals surface area contributed by atoms with E-state index >= 15 is 0 Å². The predicted octanol–water partition coefficient (Wildman–Crippen LogP) is 5.74. The van der Waals surface area contributed by atoms with Crippen molar-refractivity contribution in [2.45, 2.75) is 20.0 Å². The number of rotatable bonds is 5. The van der Waals surface area contributed by atoms with Gasteiger partial charge in [-0.15, -0.1) is 11.3 Å². The van der Waals surface area contributed by atoms with Gasteiger partial charge in [0.25, 0.3) is 0 Å². The van der Waals surface area contributed by atoms with Gasteiger partial charge in [0.05, 0.1) is 5.69 Å². The minimum Gasteiger partial charge on any atom is -0.296 e. The van der Waals surface area contributed by atoms with E-state index in [4.69, 9.17) is 28.2 Å². The van der Waals surface area contributed by atoms with Gasteiger partial charge in [-0.2, -0.15) is 0 Å². The van der Waals surface area contributed by atoms with E-state index in [0.29, 0.717) is 5.02 Å². The normalized spacial score (nSPS) is 15.8. The molecule has 1 aliphatic rings. The number of piperazine rings is 1. The van der Waals surface area contributed by atoms with Crippen LogP contribution in [-0.2, 0) is 13.1 Å². The van der Waals surface area contributed by atoms with Crippen LogP contribution in [0, 0.1) is 6.92 Å². The highest BCUT2D eigenvalue weighted by molar-refractivity contribution is 7.13. The molecule has 1 saturated heterocycles. The third-order valence-corrected chi connectivity index (χ3v) is 6.64. The van der Waals surface area contributed by atoms with Gasteiger partial charge in [0, 0.05) is 60.3 Å². The monoisotopic (exact) mass is 431 g/mol. The lowest BCUT2D eigenvalue weighted by atomic mass is 10.2. The van der Waals surface area contributed by atoms with Crippen LogP contribution in [0.3, 0.4) is 0 Å². The molecule has 1 aliphatic heterocycles. The summed E-state index contributed by atoms with van der Waals surface area (Å²) in [5.41, 5.74) is 4.78. The first kappa shape index (κ1) is 19.9. The van der Waals surface area contributed by atoms with Gasteiger partial charge in [-0.05, 0) is 24.6 Å². The number of aryl methyl sites for hydroxylation is 1. The number of nitrogens with zero attached hydrogens (tertiary/aromatic N) is 3. The molecule has 6 heteroatoms. The summed E-state index contributed by atoms with van der Waals surface area (Å²) in [4.78, 5) is 9.77. The largest absolute Gasteiger partial charge is 0.296 e. The van der Waals surface area contributed by atoms with Crippen LogP contribution in [-0.4, -0.2) is 41.0 Å². The molecule has 2 heterocycles. The van der Waals surface area contributed by atoms with Crippen molar-refractivity contribution in [1.29, 1.82) is 0 Å². The minimum atomic E-state index is 0.687. The first-order valence-corrected chi connectivity index (χ1v) is 11.1. The Bertz CT molecular complexity index is 931. The summed E-state index contributed by atoms with van der Waals surface area (Å²) in [5, 5.41) is 4.73. The Labute approximate surface area is 180 Å². The third-order valence-electron chi connectivity index (χ3n) is 5.11. The highest BCUT2D eigenvalue weighted by Gasteiger charge is 2.19. The van der Waals surface area contributed by atoms with Gasteiger partial charge in [-0.25, -0.2) is 4.98 Å². The van der Waals surface area contributed by atoms with Gasteiger partial charge in [0.2, 0.25) is 0 Å². The molecule has 146 valence electrons. The van der Waals surface area contributed by atoms with Gasteiger partial charge in [0.1, 0.15) is 5.01 Å². The van der Waals surface area contributed by atoms with Gasteiger partial charge in [0.15, 0.2) is 0 Å². The maximum absolute atomic E-state index is 6.32. The van der Waals surface area contributed by atoms with Crippen molar-refractivity contribution in [3.63, 3.8) is 0 Å². The van der Waals surface area contributed by atoms with Crippen molar-refractivity contribution in [3.8, 4) is 10.6 Å². The first-order valence-electron chi connectivity index (χ1n) is 9.47. The quantitative estimate of drug-likeness (QED) is 0.512. The van der Waals surface area contributed by atoms with Gasteiger partial charge in [-0.3, -0.25) is 9.80 Å². The molecule has 3 nitrogen and oxygen atoms in total. The third kappa shape index (κ3) is 4.94. The fourth-order valence-electron chi connectivity index (χ4n) is 3.43. The molecule has 3 aromatic rings. The fourth-order valence-corrected chi connectivity index (χ4v) is 4.72. The van der Waals surface area contributed by atoms with Crippen molar-refractivity contribution < 1.29 is 0 Å². The van der Waals surface area contributed by atoms with E-state index in [1.54, 1.807) is 11.3 Å². The molecule has 28 heavy (non-hydrogen) atoms. The number of thiazole rings is 1. The van der Waals surface area contributed by atoms with Gasteiger partial charge >= 0.3 is 0 Å². The highest BCUT2D eigenvalue weighted by Crippen LogP contribution is 2.25. The molecule has 0 atom stereocenters. The molecule has 2 aromatic carbocycles. The summed E-state index contributed by atoms with van der Waals surface area (Å²) in [5.74, 6) is 0. The SMILES string of the molecule is Cc1ccc(-c2nc(CN3CCN(Cc4ccc(Cl)cc4Cl)CC3)cs2)cc1. The second kappa shape index (κ2) is 8.93. The van der Waals surface area contributed by atoms with Crippen molar-refractivity contribution in [2.24, 2.45) is 0 Å². The first-order chi connectivity index (χ1) is 13.6. The Morgan fingerprint density at radius 2 is 1.61 bits per heavy atom. The average molecular weight is 432 g/mol. The second-order valence-electron chi connectivity index (χ2n) is 7.30. The van der Waals surface area contributed by atoms with Crippen LogP contribution in [0.4, 0.5) is 0 Å². The predicted molar refractivity (Wildman–Crippen MR) is 119 cm³/mol. The van der Waals surface area contributed by atoms with E-state index in [9.17, 15) is 0 Å². The molecule has 4 rings (SSSR count). The minimum absolute atomic E-state index is 0.687. The van der Waals surface area contributed by atoms with E-state index in [-0.39, 0.29) is 0 Å². The van der Waals surface area contributed by atoms with Crippen LogP contribution in [0.2, 0.25) is 10.0 Å². The van der Waals surface area contributed by atoms with Crippen LogP contribution < -0.4 is 0 Å². The van der Waals surface area contributed by atoms with Crippen LogP contribution in [0.25, 0.3) is 10.6 Å². The Morgan fingerprint density at radius 3 is 2.29 bits per heavy atom. The van der Waals surface area contributed by atoms with Crippen LogP contribution in [0.15, 0.2) is 47.8 Å². The number of aromatic nitrogens is 1. The molecule has 1 fully saturated rings. The zero-order valence-electron chi connectivity index (χ0n) is 15.9. The van der Waals surface area contributed by atoms with E-state index in [2.05, 4.69) is 46.4 Å². The summed E-state index contributed by atoms with van der Waals surface area (Å²) in [6, 6.07) is 14.3. The zero-order chi connectivity index (χ0) is 19.5. The molecular formula is C22H23Cl2N3S.